The first-order chi connectivity index (χ1) is 11.7. The Morgan fingerprint density at radius 3 is 3.00 bits per heavy atom. The molecule has 3 heterocycles. The van der Waals surface area contributed by atoms with Gasteiger partial charge in [0, 0.05) is 24.7 Å². The third kappa shape index (κ3) is 4.04. The summed E-state index contributed by atoms with van der Waals surface area (Å²) in [5.41, 5.74) is 0.449. The van der Waals surface area contributed by atoms with Crippen LogP contribution in [-0.4, -0.2) is 40.1 Å². The zero-order chi connectivity index (χ0) is 18.2. The molecule has 2 aromatic rings. The summed E-state index contributed by atoms with van der Waals surface area (Å²) in [6, 6.07) is 1.37. The van der Waals surface area contributed by atoms with Crippen LogP contribution in [0, 0.1) is 0 Å². The number of hydrogen-bond donors (Lipinski definition) is 1. The molecule has 0 aliphatic carbocycles. The molecule has 0 aromatic carbocycles. The van der Waals surface area contributed by atoms with Gasteiger partial charge in [-0.25, -0.2) is 9.78 Å². The van der Waals surface area contributed by atoms with Crippen LogP contribution in [-0.2, 0) is 16.1 Å². The van der Waals surface area contributed by atoms with Crippen molar-refractivity contribution in [2.75, 3.05) is 6.54 Å². The Bertz CT molecular complexity index is 815. The number of hydrogen-bond acceptors (Lipinski definition) is 5. The largest absolute Gasteiger partial charge is 0.444 e. The van der Waals surface area contributed by atoms with Gasteiger partial charge in [-0.1, -0.05) is 11.6 Å². The molecule has 2 amide bonds. The topological polar surface area (TPSA) is 71.5 Å². The summed E-state index contributed by atoms with van der Waals surface area (Å²) in [6.45, 7) is 6.45. The van der Waals surface area contributed by atoms with E-state index in [9.17, 15) is 9.59 Å². The van der Waals surface area contributed by atoms with Crippen LogP contribution in [0.15, 0.2) is 17.6 Å². The lowest BCUT2D eigenvalue weighted by molar-refractivity contribution is -0.129. The quantitative estimate of drug-likeness (QED) is 0.825. The summed E-state index contributed by atoms with van der Waals surface area (Å²) in [4.78, 5) is 30.3. The van der Waals surface area contributed by atoms with Crippen molar-refractivity contribution in [1.82, 2.24) is 15.2 Å². The highest BCUT2D eigenvalue weighted by molar-refractivity contribution is 7.18. The van der Waals surface area contributed by atoms with Gasteiger partial charge < -0.3 is 15.0 Å². The van der Waals surface area contributed by atoms with Crippen molar-refractivity contribution in [3.63, 3.8) is 0 Å². The van der Waals surface area contributed by atoms with Crippen molar-refractivity contribution >= 4 is 45.0 Å². The Balaban J connectivity index is 1.66. The summed E-state index contributed by atoms with van der Waals surface area (Å²) < 4.78 is 6.14. The number of nitrogens with zero attached hydrogens (tertiary/aromatic N) is 2. The predicted octanol–water partition coefficient (Wildman–Crippen LogP) is 3.58. The van der Waals surface area contributed by atoms with E-state index in [1.54, 1.807) is 31.9 Å². The average Bonchev–Trinajstić information content (AvgIpc) is 3.05. The molecule has 1 aliphatic rings. The van der Waals surface area contributed by atoms with E-state index in [4.69, 9.17) is 16.3 Å². The van der Waals surface area contributed by atoms with E-state index in [0.29, 0.717) is 24.7 Å². The van der Waals surface area contributed by atoms with Gasteiger partial charge in [0.25, 0.3) is 0 Å². The minimum absolute atomic E-state index is 0.0923. The van der Waals surface area contributed by atoms with Crippen LogP contribution in [0.2, 0.25) is 5.15 Å². The molecule has 2 aromatic heterocycles. The number of fused-ring (bicyclic) bond motifs is 1. The summed E-state index contributed by atoms with van der Waals surface area (Å²) in [5, 5.41) is 6.15. The van der Waals surface area contributed by atoms with Crippen molar-refractivity contribution in [3.05, 3.63) is 28.4 Å². The van der Waals surface area contributed by atoms with Gasteiger partial charge in [0.15, 0.2) is 0 Å². The number of pyridine rings is 1. The van der Waals surface area contributed by atoms with Gasteiger partial charge in [0.2, 0.25) is 5.91 Å². The molecule has 0 radical (unpaired) electrons. The third-order valence-electron chi connectivity index (χ3n) is 3.88. The van der Waals surface area contributed by atoms with Crippen LogP contribution < -0.4 is 5.32 Å². The van der Waals surface area contributed by atoms with Crippen LogP contribution in [0.4, 0.5) is 4.79 Å². The second kappa shape index (κ2) is 6.80. The highest BCUT2D eigenvalue weighted by atomic mass is 35.5. The van der Waals surface area contributed by atoms with Gasteiger partial charge in [-0.15, -0.1) is 11.3 Å². The first kappa shape index (κ1) is 17.9. The van der Waals surface area contributed by atoms with E-state index in [-0.39, 0.29) is 5.91 Å². The Labute approximate surface area is 155 Å². The lowest BCUT2D eigenvalue weighted by atomic mass is 10.2. The number of likely N-dealkylation sites (tertiary alicyclic amines) is 1. The summed E-state index contributed by atoms with van der Waals surface area (Å²) >= 11 is 7.63. The molecule has 1 fully saturated rings. The van der Waals surface area contributed by atoms with Crippen LogP contribution in [0.25, 0.3) is 10.1 Å². The van der Waals surface area contributed by atoms with Crippen LogP contribution >= 0.6 is 22.9 Å². The number of carbonyl (C=O) groups is 2. The van der Waals surface area contributed by atoms with Gasteiger partial charge in [-0.2, -0.15) is 0 Å². The molecule has 1 N–H and O–H groups in total. The third-order valence-corrected chi connectivity index (χ3v) is 5.33. The maximum absolute atomic E-state index is 12.6. The van der Waals surface area contributed by atoms with Gasteiger partial charge in [-0.3, -0.25) is 4.79 Å². The standard InChI is InChI=1S/C17H20ClN3O3S/c1-17(2,3)24-16(23)20-12-5-7-21(15(12)22)8-10-9-25-13-11(10)4-6-19-14(13)18/h4,6,9,12H,5,7-8H2,1-3H3,(H,20,23)/t12-/m0/s1. The molecule has 1 atom stereocenters. The van der Waals surface area contributed by atoms with E-state index in [1.807, 2.05) is 11.4 Å². The van der Waals surface area contributed by atoms with Crippen LogP contribution in [0.1, 0.15) is 32.8 Å². The smallest absolute Gasteiger partial charge is 0.408 e. The molecular weight excluding hydrogens is 362 g/mol. The van der Waals surface area contributed by atoms with Crippen molar-refractivity contribution in [1.29, 1.82) is 0 Å². The summed E-state index contributed by atoms with van der Waals surface area (Å²) in [6.07, 6.45) is 1.67. The van der Waals surface area contributed by atoms with Crippen molar-refractivity contribution in [3.8, 4) is 0 Å². The SMILES string of the molecule is CC(C)(C)OC(=O)N[C@H]1CCN(Cc2csc3c(Cl)nccc23)C1=O. The first-order valence-corrected chi connectivity index (χ1v) is 9.29. The van der Waals surface area contributed by atoms with E-state index in [1.165, 1.54) is 11.3 Å². The molecule has 25 heavy (non-hydrogen) atoms. The molecule has 0 bridgehead atoms. The number of thiophene rings is 1. The first-order valence-electron chi connectivity index (χ1n) is 8.03. The fourth-order valence-electron chi connectivity index (χ4n) is 2.79. The van der Waals surface area contributed by atoms with Crippen molar-refractivity contribution < 1.29 is 14.3 Å². The molecule has 134 valence electrons. The van der Waals surface area contributed by atoms with E-state index in [2.05, 4.69) is 10.3 Å². The number of ether oxygens (including phenoxy) is 1. The Hall–Kier alpha value is -1.86. The van der Waals surface area contributed by atoms with Gasteiger partial charge in [0.05, 0.1) is 4.70 Å². The second-order valence-corrected chi connectivity index (χ2v) is 8.22. The van der Waals surface area contributed by atoms with Crippen LogP contribution in [0.3, 0.4) is 0 Å². The van der Waals surface area contributed by atoms with Gasteiger partial charge >= 0.3 is 6.09 Å². The van der Waals surface area contributed by atoms with E-state index in [0.717, 1.165) is 15.6 Å². The number of aromatic nitrogens is 1. The average molecular weight is 382 g/mol. The zero-order valence-electron chi connectivity index (χ0n) is 14.3. The zero-order valence-corrected chi connectivity index (χ0v) is 15.9. The number of carbonyl (C=O) groups excluding carboxylic acids is 2. The predicted molar refractivity (Wildman–Crippen MR) is 97.8 cm³/mol. The molecule has 0 saturated carbocycles. The minimum Gasteiger partial charge on any atom is -0.444 e. The maximum Gasteiger partial charge on any atom is 0.408 e. The van der Waals surface area contributed by atoms with E-state index < -0.39 is 17.7 Å². The highest BCUT2D eigenvalue weighted by Crippen LogP contribution is 2.31. The Kier molecular flexibility index (Phi) is 4.88. The number of halogens is 1. The fraction of sp³-hybridized carbons (Fsp3) is 0.471. The monoisotopic (exact) mass is 381 g/mol. The highest BCUT2D eigenvalue weighted by Gasteiger charge is 2.34. The lowest BCUT2D eigenvalue weighted by Crippen LogP contribution is -2.43. The molecule has 3 rings (SSSR count). The van der Waals surface area contributed by atoms with Gasteiger partial charge in [-0.05, 0) is 44.2 Å². The number of alkyl carbamates (subject to hydrolysis) is 1. The number of rotatable bonds is 3. The molecule has 8 heteroatoms. The van der Waals surface area contributed by atoms with Gasteiger partial charge in [0.1, 0.15) is 16.8 Å². The second-order valence-electron chi connectivity index (χ2n) is 6.99. The molecular formula is C17H20ClN3O3S. The van der Waals surface area contributed by atoms with Crippen LogP contribution in [0.5, 0.6) is 0 Å². The minimum atomic E-state index is -0.589. The molecule has 1 aliphatic heterocycles. The summed E-state index contributed by atoms with van der Waals surface area (Å²) in [7, 11) is 0. The van der Waals surface area contributed by atoms with Crippen molar-refractivity contribution in [2.45, 2.75) is 45.4 Å². The molecule has 0 unspecified atom stereocenters. The van der Waals surface area contributed by atoms with E-state index >= 15 is 0 Å². The lowest BCUT2D eigenvalue weighted by Gasteiger charge is -2.21. The number of amides is 2. The number of nitrogens with one attached hydrogen (secondary N) is 1. The molecule has 1 saturated heterocycles. The Morgan fingerprint density at radius 1 is 1.52 bits per heavy atom. The fourth-order valence-corrected chi connectivity index (χ4v) is 4.02. The Morgan fingerprint density at radius 2 is 2.28 bits per heavy atom. The summed E-state index contributed by atoms with van der Waals surface area (Å²) in [5.74, 6) is -0.0923. The molecule has 0 spiro atoms. The van der Waals surface area contributed by atoms with Crippen molar-refractivity contribution in [2.24, 2.45) is 0 Å². The molecule has 6 nitrogen and oxygen atoms in total. The normalized spacial score (nSPS) is 18.0. The maximum atomic E-state index is 12.6.